The van der Waals surface area contributed by atoms with Crippen molar-refractivity contribution in [1.29, 1.82) is 0 Å². The molecule has 0 aliphatic carbocycles. The first-order valence-electron chi connectivity index (χ1n) is 6.90. The minimum absolute atomic E-state index is 0.148. The number of Topliss-reactive ketones (excluding diaryl/α,β-unsaturated/α-hetero) is 1. The average molecular weight is 262 g/mol. The summed E-state index contributed by atoms with van der Waals surface area (Å²) in [5.41, 5.74) is 2.49. The Morgan fingerprint density at radius 2 is 1.68 bits per heavy atom. The second kappa shape index (κ2) is 6.33. The molecule has 2 nitrogen and oxygen atoms in total. The third kappa shape index (κ3) is 4.46. The van der Waals surface area contributed by atoms with Gasteiger partial charge >= 0.3 is 0 Å². The van der Waals surface area contributed by atoms with Crippen LogP contribution < -0.4 is 0 Å². The highest BCUT2D eigenvalue weighted by molar-refractivity contribution is 5.85. The number of rotatable bonds is 5. The van der Waals surface area contributed by atoms with E-state index >= 15 is 0 Å². The van der Waals surface area contributed by atoms with E-state index < -0.39 is 0 Å². The van der Waals surface area contributed by atoms with Crippen LogP contribution in [-0.2, 0) is 21.4 Å². The van der Waals surface area contributed by atoms with E-state index in [-0.39, 0.29) is 23.2 Å². The third-order valence-electron chi connectivity index (χ3n) is 3.38. The van der Waals surface area contributed by atoms with E-state index in [0.29, 0.717) is 6.42 Å². The van der Waals surface area contributed by atoms with Gasteiger partial charge in [0.25, 0.3) is 0 Å². The highest BCUT2D eigenvalue weighted by Gasteiger charge is 2.21. The molecule has 0 aromatic heterocycles. The van der Waals surface area contributed by atoms with Crippen molar-refractivity contribution in [3.63, 3.8) is 0 Å². The SMILES string of the molecule is COC(C(=O)Cc1ccc(C(C)(C)C)cc1)C(C)C. The predicted octanol–water partition coefficient (Wildman–Crippen LogP) is 3.77. The average Bonchev–Trinajstić information content (AvgIpc) is 2.28. The number of carbonyl (C=O) groups excluding carboxylic acids is 1. The van der Waals surface area contributed by atoms with Gasteiger partial charge in [-0.25, -0.2) is 0 Å². The molecule has 1 rings (SSSR count). The van der Waals surface area contributed by atoms with Gasteiger partial charge in [-0.05, 0) is 22.5 Å². The summed E-state index contributed by atoms with van der Waals surface area (Å²) >= 11 is 0. The molecule has 1 aromatic carbocycles. The molecular formula is C17H26O2. The molecule has 0 amide bonds. The molecule has 0 saturated carbocycles. The van der Waals surface area contributed by atoms with Crippen molar-refractivity contribution < 1.29 is 9.53 Å². The van der Waals surface area contributed by atoms with Crippen molar-refractivity contribution >= 4 is 5.78 Å². The van der Waals surface area contributed by atoms with E-state index in [1.807, 2.05) is 26.0 Å². The zero-order valence-electron chi connectivity index (χ0n) is 13.0. The Morgan fingerprint density at radius 3 is 2.05 bits per heavy atom. The van der Waals surface area contributed by atoms with Gasteiger partial charge in [-0.15, -0.1) is 0 Å². The molecule has 0 N–H and O–H groups in total. The number of hydrogen-bond donors (Lipinski definition) is 0. The summed E-state index contributed by atoms with van der Waals surface area (Å²) in [5.74, 6) is 0.368. The smallest absolute Gasteiger partial charge is 0.166 e. The standard InChI is InChI=1S/C17H26O2/c1-12(2)16(19-6)15(18)11-13-7-9-14(10-8-13)17(3,4)5/h7-10,12,16H,11H2,1-6H3. The molecule has 0 aliphatic heterocycles. The summed E-state index contributed by atoms with van der Waals surface area (Å²) in [7, 11) is 1.60. The third-order valence-corrected chi connectivity index (χ3v) is 3.38. The summed E-state index contributed by atoms with van der Waals surface area (Å²) in [4.78, 5) is 12.1. The van der Waals surface area contributed by atoms with Gasteiger partial charge in [-0.1, -0.05) is 58.9 Å². The van der Waals surface area contributed by atoms with Crippen molar-refractivity contribution in [2.75, 3.05) is 7.11 Å². The lowest BCUT2D eigenvalue weighted by Crippen LogP contribution is -2.29. The number of hydrogen-bond acceptors (Lipinski definition) is 2. The lowest BCUT2D eigenvalue weighted by atomic mass is 9.86. The number of carbonyl (C=O) groups is 1. The van der Waals surface area contributed by atoms with Gasteiger partial charge in [0.15, 0.2) is 5.78 Å². The molecule has 1 atom stereocenters. The molecule has 0 aliphatic rings. The highest BCUT2D eigenvalue weighted by Crippen LogP contribution is 2.22. The van der Waals surface area contributed by atoms with Crippen molar-refractivity contribution in [2.45, 2.75) is 52.6 Å². The molecule has 1 aromatic rings. The van der Waals surface area contributed by atoms with Gasteiger partial charge in [0.1, 0.15) is 6.10 Å². The van der Waals surface area contributed by atoms with Crippen molar-refractivity contribution in [3.05, 3.63) is 35.4 Å². The van der Waals surface area contributed by atoms with Crippen molar-refractivity contribution in [1.82, 2.24) is 0 Å². The van der Waals surface area contributed by atoms with E-state index in [4.69, 9.17) is 4.74 Å². The maximum Gasteiger partial charge on any atom is 0.166 e. The molecule has 106 valence electrons. The summed E-state index contributed by atoms with van der Waals surface area (Å²) in [5, 5.41) is 0. The largest absolute Gasteiger partial charge is 0.373 e. The Kier molecular flexibility index (Phi) is 5.30. The van der Waals surface area contributed by atoms with Crippen LogP contribution in [0.3, 0.4) is 0 Å². The lowest BCUT2D eigenvalue weighted by Gasteiger charge is -2.20. The summed E-state index contributed by atoms with van der Waals surface area (Å²) in [6.07, 6.45) is 0.142. The van der Waals surface area contributed by atoms with Crippen LogP contribution in [0.5, 0.6) is 0 Å². The fourth-order valence-electron chi connectivity index (χ4n) is 2.20. The van der Waals surface area contributed by atoms with Gasteiger partial charge < -0.3 is 4.74 Å². The van der Waals surface area contributed by atoms with Crippen LogP contribution in [0.2, 0.25) is 0 Å². The molecule has 0 bridgehead atoms. The van der Waals surface area contributed by atoms with E-state index in [1.165, 1.54) is 5.56 Å². The summed E-state index contributed by atoms with van der Waals surface area (Å²) < 4.78 is 5.27. The van der Waals surface area contributed by atoms with Crippen molar-refractivity contribution in [3.8, 4) is 0 Å². The van der Waals surface area contributed by atoms with Crippen LogP contribution >= 0.6 is 0 Å². The van der Waals surface area contributed by atoms with Crippen LogP contribution in [0.25, 0.3) is 0 Å². The lowest BCUT2D eigenvalue weighted by molar-refractivity contribution is -0.130. The number of ether oxygens (including phenoxy) is 1. The van der Waals surface area contributed by atoms with E-state index in [9.17, 15) is 4.79 Å². The summed E-state index contributed by atoms with van der Waals surface area (Å²) in [6.45, 7) is 10.6. The molecule has 2 heteroatoms. The van der Waals surface area contributed by atoms with Crippen LogP contribution in [0, 0.1) is 5.92 Å². The fourth-order valence-corrected chi connectivity index (χ4v) is 2.20. The zero-order valence-corrected chi connectivity index (χ0v) is 13.0. The molecule has 0 saturated heterocycles. The van der Waals surface area contributed by atoms with E-state index in [1.54, 1.807) is 7.11 Å². The maximum absolute atomic E-state index is 12.1. The van der Waals surface area contributed by atoms with Crippen LogP contribution in [-0.4, -0.2) is 19.0 Å². The maximum atomic E-state index is 12.1. The quantitative estimate of drug-likeness (QED) is 0.807. The molecule has 0 radical (unpaired) electrons. The zero-order chi connectivity index (χ0) is 14.6. The molecule has 0 fully saturated rings. The van der Waals surface area contributed by atoms with Crippen LogP contribution in [0.15, 0.2) is 24.3 Å². The van der Waals surface area contributed by atoms with Gasteiger partial charge in [-0.2, -0.15) is 0 Å². The predicted molar refractivity (Wildman–Crippen MR) is 79.5 cm³/mol. The first-order chi connectivity index (χ1) is 8.75. The normalized spacial score (nSPS) is 13.6. The topological polar surface area (TPSA) is 26.3 Å². The Hall–Kier alpha value is -1.15. The summed E-state index contributed by atoms with van der Waals surface area (Å²) in [6, 6.07) is 8.32. The first-order valence-corrected chi connectivity index (χ1v) is 6.90. The Labute approximate surface area is 117 Å². The number of benzene rings is 1. The molecule has 0 heterocycles. The first kappa shape index (κ1) is 15.9. The Bertz CT molecular complexity index is 410. The Morgan fingerprint density at radius 1 is 1.16 bits per heavy atom. The molecule has 19 heavy (non-hydrogen) atoms. The monoisotopic (exact) mass is 262 g/mol. The molecule has 1 unspecified atom stereocenters. The second-order valence-corrected chi connectivity index (χ2v) is 6.49. The van der Waals surface area contributed by atoms with Crippen LogP contribution in [0.1, 0.15) is 45.7 Å². The van der Waals surface area contributed by atoms with Gasteiger partial charge in [0.2, 0.25) is 0 Å². The van der Waals surface area contributed by atoms with Crippen molar-refractivity contribution in [2.24, 2.45) is 5.92 Å². The fraction of sp³-hybridized carbons (Fsp3) is 0.588. The highest BCUT2D eigenvalue weighted by atomic mass is 16.5. The van der Waals surface area contributed by atoms with E-state index in [0.717, 1.165) is 5.56 Å². The van der Waals surface area contributed by atoms with Gasteiger partial charge in [0, 0.05) is 13.5 Å². The number of ketones is 1. The molecular weight excluding hydrogens is 236 g/mol. The van der Waals surface area contributed by atoms with E-state index in [2.05, 4.69) is 32.9 Å². The molecule has 0 spiro atoms. The van der Waals surface area contributed by atoms with Crippen LogP contribution in [0.4, 0.5) is 0 Å². The minimum atomic E-state index is -0.303. The van der Waals surface area contributed by atoms with Gasteiger partial charge in [-0.3, -0.25) is 4.79 Å². The Balaban J connectivity index is 2.76. The van der Waals surface area contributed by atoms with Gasteiger partial charge in [0.05, 0.1) is 0 Å². The second-order valence-electron chi connectivity index (χ2n) is 6.49. The minimum Gasteiger partial charge on any atom is -0.373 e. The number of methoxy groups -OCH3 is 1.